The van der Waals surface area contributed by atoms with Crippen molar-refractivity contribution in [3.05, 3.63) is 0 Å². The van der Waals surface area contributed by atoms with E-state index in [1.165, 1.54) is 19.3 Å². The molecule has 0 spiro atoms. The third-order valence-electron chi connectivity index (χ3n) is 5.09. The van der Waals surface area contributed by atoms with E-state index in [0.717, 1.165) is 25.9 Å². The standard InChI is InChI=1S/C17H32N4O2.2ClH/c1-17(2,18)16(23)21-11-9-20(10-12-21)13-15(22)19(3)14-7-5-4-6-8-14;;/h14H,4-13,18H2,1-3H3;2*1H. The number of carbonyl (C=O) groups excluding carboxylic acids is 2. The number of halogens is 2. The fraction of sp³-hybridized carbons (Fsp3) is 0.882. The number of likely N-dealkylation sites (N-methyl/N-ethyl adjacent to an activating group) is 1. The SMILES string of the molecule is CN(C(=O)CN1CCN(C(=O)C(C)(C)N)CC1)C1CCCCC1.Cl.Cl. The first-order chi connectivity index (χ1) is 10.8. The van der Waals surface area contributed by atoms with Crippen molar-refractivity contribution < 1.29 is 9.59 Å². The molecule has 2 amide bonds. The summed E-state index contributed by atoms with van der Waals surface area (Å²) in [4.78, 5) is 30.5. The van der Waals surface area contributed by atoms with Crippen molar-refractivity contribution in [1.82, 2.24) is 14.7 Å². The van der Waals surface area contributed by atoms with Gasteiger partial charge in [-0.2, -0.15) is 0 Å². The lowest BCUT2D eigenvalue weighted by Gasteiger charge is -2.38. The van der Waals surface area contributed by atoms with Crippen LogP contribution in [0.25, 0.3) is 0 Å². The van der Waals surface area contributed by atoms with Crippen molar-refractivity contribution in [2.24, 2.45) is 5.73 Å². The summed E-state index contributed by atoms with van der Waals surface area (Å²) in [6.45, 7) is 6.73. The molecule has 1 aliphatic carbocycles. The molecule has 0 atom stereocenters. The lowest BCUT2D eigenvalue weighted by molar-refractivity contribution is -0.138. The van der Waals surface area contributed by atoms with Gasteiger partial charge in [-0.05, 0) is 26.7 Å². The molecule has 2 fully saturated rings. The summed E-state index contributed by atoms with van der Waals surface area (Å²) in [5, 5.41) is 0. The van der Waals surface area contributed by atoms with Crippen LogP contribution in [-0.2, 0) is 9.59 Å². The quantitative estimate of drug-likeness (QED) is 0.781. The van der Waals surface area contributed by atoms with Crippen LogP contribution in [0.3, 0.4) is 0 Å². The minimum Gasteiger partial charge on any atom is -0.342 e. The molecule has 1 saturated carbocycles. The van der Waals surface area contributed by atoms with Crippen LogP contribution in [0.15, 0.2) is 0 Å². The van der Waals surface area contributed by atoms with E-state index in [2.05, 4.69) is 4.90 Å². The normalized spacial score (nSPS) is 19.6. The first kappa shape index (κ1) is 24.4. The van der Waals surface area contributed by atoms with Gasteiger partial charge in [0.1, 0.15) is 0 Å². The van der Waals surface area contributed by atoms with E-state index in [1.807, 2.05) is 16.8 Å². The summed E-state index contributed by atoms with van der Waals surface area (Å²) in [6, 6.07) is 0.414. The second-order valence-corrected chi connectivity index (χ2v) is 7.59. The van der Waals surface area contributed by atoms with E-state index < -0.39 is 5.54 Å². The van der Waals surface area contributed by atoms with Crippen LogP contribution in [0, 0.1) is 0 Å². The van der Waals surface area contributed by atoms with Crippen LogP contribution < -0.4 is 5.73 Å². The van der Waals surface area contributed by atoms with Crippen molar-refractivity contribution in [2.45, 2.75) is 57.5 Å². The second-order valence-electron chi connectivity index (χ2n) is 7.59. The van der Waals surface area contributed by atoms with E-state index in [0.29, 0.717) is 25.7 Å². The van der Waals surface area contributed by atoms with Crippen LogP contribution in [0.5, 0.6) is 0 Å². The maximum absolute atomic E-state index is 12.5. The highest BCUT2D eigenvalue weighted by molar-refractivity contribution is 5.86. The van der Waals surface area contributed by atoms with Gasteiger partial charge in [-0.15, -0.1) is 24.8 Å². The van der Waals surface area contributed by atoms with E-state index >= 15 is 0 Å². The second kappa shape index (κ2) is 10.6. The van der Waals surface area contributed by atoms with E-state index in [4.69, 9.17) is 5.73 Å². The first-order valence-electron chi connectivity index (χ1n) is 8.85. The predicted octanol–water partition coefficient (Wildman–Crippen LogP) is 1.50. The van der Waals surface area contributed by atoms with E-state index in [1.54, 1.807) is 13.8 Å². The lowest BCUT2D eigenvalue weighted by atomic mass is 9.94. The van der Waals surface area contributed by atoms with Gasteiger partial charge in [0.25, 0.3) is 0 Å². The van der Waals surface area contributed by atoms with E-state index in [9.17, 15) is 9.59 Å². The molecule has 25 heavy (non-hydrogen) atoms. The highest BCUT2D eigenvalue weighted by Crippen LogP contribution is 2.21. The fourth-order valence-electron chi connectivity index (χ4n) is 3.49. The molecular formula is C17H34Cl2N4O2. The molecule has 1 aliphatic heterocycles. The van der Waals surface area contributed by atoms with Crippen LogP contribution in [0.4, 0.5) is 0 Å². The van der Waals surface area contributed by atoms with Gasteiger partial charge in [-0.3, -0.25) is 14.5 Å². The zero-order valence-electron chi connectivity index (χ0n) is 15.7. The van der Waals surface area contributed by atoms with Crippen molar-refractivity contribution in [3.63, 3.8) is 0 Å². The molecule has 0 radical (unpaired) electrons. The number of rotatable bonds is 4. The zero-order valence-corrected chi connectivity index (χ0v) is 17.3. The minimum absolute atomic E-state index is 0. The Hall–Kier alpha value is -0.560. The smallest absolute Gasteiger partial charge is 0.242 e. The number of amides is 2. The van der Waals surface area contributed by atoms with Gasteiger partial charge in [0, 0.05) is 39.3 Å². The Kier molecular flexibility index (Phi) is 10.3. The number of nitrogens with zero attached hydrogens (tertiary/aromatic N) is 3. The largest absolute Gasteiger partial charge is 0.342 e. The third-order valence-corrected chi connectivity index (χ3v) is 5.09. The Morgan fingerprint density at radius 2 is 1.56 bits per heavy atom. The molecule has 148 valence electrons. The van der Waals surface area contributed by atoms with Gasteiger partial charge in [-0.25, -0.2) is 0 Å². The Balaban J connectivity index is 0.00000288. The Bertz CT molecular complexity index is 429. The third kappa shape index (κ3) is 6.93. The Morgan fingerprint density at radius 3 is 2.04 bits per heavy atom. The first-order valence-corrected chi connectivity index (χ1v) is 8.85. The number of piperazine rings is 1. The fourth-order valence-corrected chi connectivity index (χ4v) is 3.49. The summed E-state index contributed by atoms with van der Waals surface area (Å²) in [5.41, 5.74) is 5.06. The molecule has 0 aromatic heterocycles. The average molecular weight is 397 g/mol. The maximum atomic E-state index is 12.5. The predicted molar refractivity (Wildman–Crippen MR) is 105 cm³/mol. The molecule has 0 aromatic rings. The van der Waals surface area contributed by atoms with Gasteiger partial charge in [-0.1, -0.05) is 19.3 Å². The van der Waals surface area contributed by atoms with Gasteiger partial charge in [0.05, 0.1) is 12.1 Å². The molecule has 2 aliphatic rings. The Morgan fingerprint density at radius 1 is 1.04 bits per heavy atom. The molecule has 2 N–H and O–H groups in total. The molecule has 0 aromatic carbocycles. The summed E-state index contributed by atoms with van der Waals surface area (Å²) in [5.74, 6) is 0.193. The highest BCUT2D eigenvalue weighted by atomic mass is 35.5. The van der Waals surface area contributed by atoms with Crippen molar-refractivity contribution in [3.8, 4) is 0 Å². The van der Waals surface area contributed by atoms with Gasteiger partial charge in [0.15, 0.2) is 0 Å². The van der Waals surface area contributed by atoms with Crippen molar-refractivity contribution >= 4 is 36.6 Å². The average Bonchev–Trinajstić information content (AvgIpc) is 2.54. The number of hydrogen-bond acceptors (Lipinski definition) is 4. The molecule has 1 heterocycles. The number of hydrogen-bond donors (Lipinski definition) is 1. The minimum atomic E-state index is -0.820. The van der Waals surface area contributed by atoms with Crippen molar-refractivity contribution in [1.29, 1.82) is 0 Å². The molecule has 0 bridgehead atoms. The highest BCUT2D eigenvalue weighted by Gasteiger charge is 2.31. The van der Waals surface area contributed by atoms with E-state index in [-0.39, 0.29) is 36.6 Å². The monoisotopic (exact) mass is 396 g/mol. The van der Waals surface area contributed by atoms with Crippen LogP contribution in [0.1, 0.15) is 46.0 Å². The molecule has 1 saturated heterocycles. The lowest BCUT2D eigenvalue weighted by Crippen LogP contribution is -2.58. The Labute approximate surface area is 164 Å². The van der Waals surface area contributed by atoms with Crippen molar-refractivity contribution in [2.75, 3.05) is 39.8 Å². The molecule has 6 nitrogen and oxygen atoms in total. The number of nitrogens with two attached hydrogens (primary N) is 1. The molecular weight excluding hydrogens is 363 g/mol. The van der Waals surface area contributed by atoms with Gasteiger partial charge >= 0.3 is 0 Å². The molecule has 0 unspecified atom stereocenters. The topological polar surface area (TPSA) is 69.9 Å². The molecule has 8 heteroatoms. The summed E-state index contributed by atoms with van der Waals surface area (Å²) >= 11 is 0. The van der Waals surface area contributed by atoms with Crippen LogP contribution in [0.2, 0.25) is 0 Å². The van der Waals surface area contributed by atoms with Crippen LogP contribution >= 0.6 is 24.8 Å². The zero-order chi connectivity index (χ0) is 17.0. The van der Waals surface area contributed by atoms with Gasteiger partial charge < -0.3 is 15.5 Å². The summed E-state index contributed by atoms with van der Waals surface area (Å²) < 4.78 is 0. The molecule has 2 rings (SSSR count). The number of carbonyl (C=O) groups is 2. The summed E-state index contributed by atoms with van der Waals surface area (Å²) in [6.07, 6.45) is 6.04. The van der Waals surface area contributed by atoms with Crippen LogP contribution in [-0.4, -0.2) is 77.9 Å². The maximum Gasteiger partial charge on any atom is 0.242 e. The summed E-state index contributed by atoms with van der Waals surface area (Å²) in [7, 11) is 1.94. The van der Waals surface area contributed by atoms with Gasteiger partial charge in [0.2, 0.25) is 11.8 Å².